The number of carbonyl (C=O) groups is 1. The van der Waals surface area contributed by atoms with Crippen LogP contribution in [-0.4, -0.2) is 60.2 Å². The van der Waals surface area contributed by atoms with Crippen LogP contribution < -0.4 is 0 Å². The van der Waals surface area contributed by atoms with Crippen LogP contribution in [0.25, 0.3) is 0 Å². The first-order valence-corrected chi connectivity index (χ1v) is 12.4. The molecule has 0 saturated heterocycles. The summed E-state index contributed by atoms with van der Waals surface area (Å²) in [7, 11) is -7.97. The van der Waals surface area contributed by atoms with Crippen molar-refractivity contribution in [3.8, 4) is 0 Å². The summed E-state index contributed by atoms with van der Waals surface area (Å²) in [6, 6.07) is 9.06. The molecule has 0 unspecified atom stereocenters. The van der Waals surface area contributed by atoms with Gasteiger partial charge in [0.15, 0.2) is 0 Å². The van der Waals surface area contributed by atoms with E-state index >= 15 is 0 Å². The van der Waals surface area contributed by atoms with Crippen LogP contribution in [0.4, 0.5) is 0 Å². The summed E-state index contributed by atoms with van der Waals surface area (Å²) in [5.74, 6) is -0.666. The molecule has 0 saturated carbocycles. The molecule has 0 spiro atoms. The van der Waals surface area contributed by atoms with Gasteiger partial charge in [-0.1, -0.05) is 30.3 Å². The van der Waals surface area contributed by atoms with Gasteiger partial charge in [-0.25, -0.2) is 4.79 Å². The van der Waals surface area contributed by atoms with Gasteiger partial charge in [-0.15, -0.1) is 0 Å². The van der Waals surface area contributed by atoms with Gasteiger partial charge in [0.05, 0.1) is 31.8 Å². The van der Waals surface area contributed by atoms with Gasteiger partial charge < -0.3 is 9.47 Å². The highest BCUT2D eigenvalue weighted by Gasteiger charge is 2.41. The highest BCUT2D eigenvalue weighted by atomic mass is 32.2. The van der Waals surface area contributed by atoms with Crippen LogP contribution in [0, 0.1) is 0 Å². The van der Waals surface area contributed by atoms with Gasteiger partial charge in [-0.2, -0.15) is 16.8 Å². The maximum Gasteiger partial charge on any atom is 0.333 e. The average Bonchev–Trinajstić information content (AvgIpc) is 2.60. The zero-order chi connectivity index (χ0) is 21.7. The maximum atomic E-state index is 12.2. The largest absolute Gasteiger partial charge is 0.463 e. The first kappa shape index (κ1) is 23.5. The summed E-state index contributed by atoms with van der Waals surface area (Å²) in [5.41, 5.74) is 0.922. The Morgan fingerprint density at radius 3 is 2.21 bits per heavy atom. The minimum absolute atomic E-state index is 0.0323. The van der Waals surface area contributed by atoms with E-state index in [9.17, 15) is 21.6 Å². The summed E-state index contributed by atoms with van der Waals surface area (Å²) in [5, 5.41) is 0. The van der Waals surface area contributed by atoms with E-state index in [2.05, 4.69) is 0 Å². The molecule has 162 valence electrons. The Balaban J connectivity index is 2.36. The van der Waals surface area contributed by atoms with Crippen molar-refractivity contribution in [3.63, 3.8) is 0 Å². The molecule has 0 bridgehead atoms. The third-order valence-corrected chi connectivity index (χ3v) is 5.04. The number of carbonyl (C=O) groups excluding carboxylic acids is 1. The van der Waals surface area contributed by atoms with Crippen molar-refractivity contribution in [3.05, 3.63) is 47.5 Å². The number of ether oxygens (including phenoxy) is 2. The molecule has 0 heterocycles. The minimum atomic E-state index is -3.99. The molecule has 0 amide bonds. The second-order valence-electron chi connectivity index (χ2n) is 6.48. The molecule has 1 aliphatic rings. The predicted octanol–water partition coefficient (Wildman–Crippen LogP) is 1.15. The van der Waals surface area contributed by atoms with Gasteiger partial charge in [0.2, 0.25) is 0 Å². The summed E-state index contributed by atoms with van der Waals surface area (Å²) in [6.45, 7) is 1.84. The Kier molecular flexibility index (Phi) is 7.94. The van der Waals surface area contributed by atoms with Crippen molar-refractivity contribution in [1.29, 1.82) is 0 Å². The molecule has 1 aromatic rings. The fourth-order valence-corrected chi connectivity index (χ4v) is 4.02. The Morgan fingerprint density at radius 1 is 1.03 bits per heavy atom. The maximum absolute atomic E-state index is 12.2. The highest BCUT2D eigenvalue weighted by Crippen LogP contribution is 2.29. The van der Waals surface area contributed by atoms with Gasteiger partial charge in [0.1, 0.15) is 12.2 Å². The van der Waals surface area contributed by atoms with Crippen molar-refractivity contribution in [1.82, 2.24) is 0 Å². The van der Waals surface area contributed by atoms with Crippen LogP contribution in [-0.2, 0) is 49.5 Å². The zero-order valence-electron chi connectivity index (χ0n) is 16.3. The van der Waals surface area contributed by atoms with E-state index in [1.165, 1.54) is 6.08 Å². The lowest BCUT2D eigenvalue weighted by molar-refractivity contribution is -0.140. The number of hydrogen-bond acceptors (Lipinski definition) is 9. The van der Waals surface area contributed by atoms with Gasteiger partial charge in [0.25, 0.3) is 20.2 Å². The van der Waals surface area contributed by atoms with Gasteiger partial charge in [-0.3, -0.25) is 8.37 Å². The van der Waals surface area contributed by atoms with Gasteiger partial charge in [-0.05, 0) is 18.6 Å². The second-order valence-corrected chi connectivity index (χ2v) is 9.68. The molecule has 0 aromatic heterocycles. The number of rotatable bonds is 9. The van der Waals surface area contributed by atoms with Crippen LogP contribution in [0.1, 0.15) is 18.9 Å². The lowest BCUT2D eigenvalue weighted by Crippen LogP contribution is -2.47. The molecular weight excluding hydrogens is 424 g/mol. The van der Waals surface area contributed by atoms with Crippen LogP contribution in [0.2, 0.25) is 0 Å². The van der Waals surface area contributed by atoms with E-state index in [1.54, 1.807) is 6.92 Å². The SMILES string of the molecule is CCOC(=O)C1=C[C@@H](OS(C)(=O)=O)[C@@H](OS(C)(=O)=O)[C@H](OCc2ccccc2)C1. The summed E-state index contributed by atoms with van der Waals surface area (Å²) >= 11 is 0. The first-order chi connectivity index (χ1) is 13.5. The lowest BCUT2D eigenvalue weighted by atomic mass is 9.92. The molecule has 0 aliphatic heterocycles. The lowest BCUT2D eigenvalue weighted by Gasteiger charge is -2.34. The van der Waals surface area contributed by atoms with E-state index in [0.29, 0.717) is 0 Å². The molecule has 2 rings (SSSR count). The van der Waals surface area contributed by atoms with Crippen LogP contribution in [0.3, 0.4) is 0 Å². The standard InChI is InChI=1S/C18H24O9S2/c1-4-24-18(19)14-10-15(25-12-13-8-6-5-7-9-13)17(27-29(3,22)23)16(11-14)26-28(2,20)21/h5-9,11,15-17H,4,10,12H2,1-3H3/t15-,16-,17+/m1/s1. The predicted molar refractivity (Wildman–Crippen MR) is 104 cm³/mol. The normalized spacial score (nSPS) is 22.7. The average molecular weight is 449 g/mol. The number of hydrogen-bond donors (Lipinski definition) is 0. The molecule has 3 atom stereocenters. The van der Waals surface area contributed by atoms with Crippen LogP contribution >= 0.6 is 0 Å². The third kappa shape index (κ3) is 7.86. The van der Waals surface area contributed by atoms with E-state index in [0.717, 1.165) is 18.1 Å². The van der Waals surface area contributed by atoms with E-state index in [1.807, 2.05) is 30.3 Å². The molecular formula is C18H24O9S2. The van der Waals surface area contributed by atoms with E-state index < -0.39 is 44.5 Å². The van der Waals surface area contributed by atoms with Crippen molar-refractivity contribution < 1.29 is 39.5 Å². The summed E-state index contributed by atoms with van der Waals surface area (Å²) < 4.78 is 67.8. The monoisotopic (exact) mass is 448 g/mol. The van der Waals surface area contributed by atoms with Crippen LogP contribution in [0.15, 0.2) is 42.0 Å². The molecule has 0 N–H and O–H groups in total. The molecule has 9 nitrogen and oxygen atoms in total. The van der Waals surface area contributed by atoms with Crippen molar-refractivity contribution in [2.75, 3.05) is 19.1 Å². The second kappa shape index (κ2) is 9.81. The fraction of sp³-hybridized carbons (Fsp3) is 0.500. The van der Waals surface area contributed by atoms with Crippen LogP contribution in [0.5, 0.6) is 0 Å². The third-order valence-electron chi connectivity index (χ3n) is 3.89. The summed E-state index contributed by atoms with van der Waals surface area (Å²) in [4.78, 5) is 12.2. The highest BCUT2D eigenvalue weighted by molar-refractivity contribution is 7.86. The molecule has 29 heavy (non-hydrogen) atoms. The Labute approximate surface area is 170 Å². The topological polar surface area (TPSA) is 122 Å². The quantitative estimate of drug-likeness (QED) is 0.404. The minimum Gasteiger partial charge on any atom is -0.463 e. The van der Waals surface area contributed by atoms with Crippen molar-refractivity contribution >= 4 is 26.2 Å². The molecule has 11 heteroatoms. The van der Waals surface area contributed by atoms with Crippen molar-refractivity contribution in [2.45, 2.75) is 38.3 Å². The molecule has 0 fully saturated rings. The zero-order valence-corrected chi connectivity index (χ0v) is 17.9. The fourth-order valence-electron chi connectivity index (χ4n) is 2.81. The van der Waals surface area contributed by atoms with Gasteiger partial charge >= 0.3 is 5.97 Å². The Hall–Kier alpha value is -1.79. The number of benzene rings is 1. The molecule has 1 aliphatic carbocycles. The van der Waals surface area contributed by atoms with Crippen molar-refractivity contribution in [2.24, 2.45) is 0 Å². The molecule has 1 aromatic carbocycles. The summed E-state index contributed by atoms with van der Waals surface area (Å²) in [6.07, 6.45) is -0.830. The first-order valence-electron chi connectivity index (χ1n) is 8.78. The number of esters is 1. The molecule has 0 radical (unpaired) electrons. The smallest absolute Gasteiger partial charge is 0.333 e. The van der Waals surface area contributed by atoms with E-state index in [4.69, 9.17) is 17.8 Å². The van der Waals surface area contributed by atoms with Gasteiger partial charge in [0, 0.05) is 12.0 Å². The Morgan fingerprint density at radius 2 is 1.66 bits per heavy atom. The van der Waals surface area contributed by atoms with E-state index in [-0.39, 0.29) is 25.2 Å². The Bertz CT molecular complexity index is 937.